The second kappa shape index (κ2) is 7.35. The van der Waals surface area contributed by atoms with Crippen molar-refractivity contribution in [1.29, 1.82) is 0 Å². The highest BCUT2D eigenvalue weighted by Crippen LogP contribution is 2.16. The topological polar surface area (TPSA) is 93.4 Å². The summed E-state index contributed by atoms with van der Waals surface area (Å²) >= 11 is 0. The van der Waals surface area contributed by atoms with Crippen molar-refractivity contribution in [2.45, 2.75) is 20.4 Å². The lowest BCUT2D eigenvalue weighted by Crippen LogP contribution is -2.43. The molecule has 0 aliphatic heterocycles. The summed E-state index contributed by atoms with van der Waals surface area (Å²) in [6.07, 6.45) is 1.66. The van der Waals surface area contributed by atoms with Crippen LogP contribution in [-0.4, -0.2) is 21.8 Å². The van der Waals surface area contributed by atoms with Gasteiger partial charge in [0, 0.05) is 12.7 Å². The molecule has 0 saturated heterocycles. The monoisotopic (exact) mass is 388 g/mol. The van der Waals surface area contributed by atoms with Crippen LogP contribution >= 0.6 is 0 Å². The average molecular weight is 388 g/mol. The Balaban J connectivity index is 2.04. The fourth-order valence-electron chi connectivity index (χ4n) is 3.37. The van der Waals surface area contributed by atoms with Crippen LogP contribution in [0.4, 0.5) is 5.82 Å². The molecule has 4 rings (SSSR count). The highest BCUT2D eigenvalue weighted by Gasteiger charge is 2.24. The lowest BCUT2D eigenvalue weighted by Gasteiger charge is -2.12. The van der Waals surface area contributed by atoms with Crippen LogP contribution in [-0.2, 0) is 6.54 Å². The maximum absolute atomic E-state index is 13.1. The number of fused-ring (bicyclic) bond motifs is 2. The molecular weight excluding hydrogens is 366 g/mol. The Bertz CT molecular complexity index is 1290. The minimum atomic E-state index is -0.317. The van der Waals surface area contributed by atoms with Crippen molar-refractivity contribution < 1.29 is 9.36 Å². The highest BCUT2D eigenvalue weighted by molar-refractivity contribution is 6.00. The number of nitrogens with zero attached hydrogens (tertiary/aromatic N) is 3. The average Bonchev–Trinajstić information content (AvgIpc) is 2.72. The molecule has 4 aromatic rings. The number of nitrogens with two attached hydrogens (primary N) is 1. The summed E-state index contributed by atoms with van der Waals surface area (Å²) in [6.45, 7) is 4.71. The normalized spacial score (nSPS) is 11.1. The molecule has 0 saturated carbocycles. The predicted octanol–water partition coefficient (Wildman–Crippen LogP) is 1.82. The minimum Gasteiger partial charge on any atom is -0.352 e. The molecule has 7 heteroatoms. The third kappa shape index (κ3) is 3.31. The second-order valence-corrected chi connectivity index (χ2v) is 6.96. The Labute approximate surface area is 167 Å². The van der Waals surface area contributed by atoms with E-state index >= 15 is 0 Å². The van der Waals surface area contributed by atoms with Crippen molar-refractivity contribution in [3.8, 4) is 0 Å². The molecule has 0 atom stereocenters. The van der Waals surface area contributed by atoms with E-state index in [1.54, 1.807) is 22.9 Å². The van der Waals surface area contributed by atoms with Gasteiger partial charge in [0.15, 0.2) is 0 Å². The Morgan fingerprint density at radius 2 is 1.97 bits per heavy atom. The summed E-state index contributed by atoms with van der Waals surface area (Å²) in [7, 11) is 0. The number of aromatic nitrogens is 3. The smallest absolute Gasteiger partial charge is 0.278 e. The van der Waals surface area contributed by atoms with Gasteiger partial charge in [0.1, 0.15) is 10.9 Å². The Hall–Kier alpha value is -3.74. The number of aryl methyl sites for hydroxylation is 1. The van der Waals surface area contributed by atoms with Crippen LogP contribution < -0.4 is 21.2 Å². The number of amides is 1. The van der Waals surface area contributed by atoms with Gasteiger partial charge in [0.25, 0.3) is 17.1 Å². The summed E-state index contributed by atoms with van der Waals surface area (Å²) in [5.41, 5.74) is 9.55. The fourth-order valence-corrected chi connectivity index (χ4v) is 3.37. The minimum absolute atomic E-state index is 0.242. The SMILES string of the molecule is CCNC(=O)c1cc2c(=O)n3ccccc3nc2[n+](Cc2ccc(C)cc2)c1N. The highest BCUT2D eigenvalue weighted by atomic mass is 16.1. The summed E-state index contributed by atoms with van der Waals surface area (Å²) < 4.78 is 3.20. The molecule has 0 radical (unpaired) electrons. The van der Waals surface area contributed by atoms with Crippen LogP contribution in [0, 0.1) is 6.92 Å². The molecule has 0 bridgehead atoms. The standard InChI is InChI=1S/C22H21N5O2/c1-3-24-21(28)16-12-17-20(25-18-6-4-5-11-26(18)22(17)29)27(19(16)23)13-15-9-7-14(2)8-10-15/h4-12,23H,3,13H2,1-2H3,(H,24,28)/p+1. The molecule has 0 unspecified atom stereocenters. The van der Waals surface area contributed by atoms with E-state index in [0.29, 0.717) is 29.8 Å². The molecule has 3 heterocycles. The number of carbonyl (C=O) groups excluding carboxylic acids is 1. The van der Waals surface area contributed by atoms with Crippen LogP contribution in [0.1, 0.15) is 28.4 Å². The summed E-state index contributed by atoms with van der Waals surface area (Å²) in [4.78, 5) is 30.4. The molecular formula is C22H22N5O2+. The summed E-state index contributed by atoms with van der Waals surface area (Å²) in [5.74, 6) is -0.0432. The van der Waals surface area contributed by atoms with E-state index in [0.717, 1.165) is 11.1 Å². The number of nitrogen functional groups attached to an aromatic ring is 1. The first-order valence-electron chi connectivity index (χ1n) is 9.46. The number of anilines is 1. The van der Waals surface area contributed by atoms with Crippen molar-refractivity contribution in [3.05, 3.63) is 81.8 Å². The first-order valence-corrected chi connectivity index (χ1v) is 9.46. The first kappa shape index (κ1) is 18.6. The third-order valence-corrected chi connectivity index (χ3v) is 4.90. The predicted molar refractivity (Wildman–Crippen MR) is 112 cm³/mol. The number of nitrogens with one attached hydrogen (secondary N) is 1. The molecule has 0 fully saturated rings. The molecule has 3 N–H and O–H groups in total. The Morgan fingerprint density at radius 1 is 1.21 bits per heavy atom. The van der Waals surface area contributed by atoms with E-state index < -0.39 is 0 Å². The molecule has 29 heavy (non-hydrogen) atoms. The van der Waals surface area contributed by atoms with E-state index in [1.165, 1.54) is 10.5 Å². The maximum Gasteiger partial charge on any atom is 0.278 e. The number of hydrogen-bond acceptors (Lipinski definition) is 4. The number of hydrogen-bond donors (Lipinski definition) is 2. The van der Waals surface area contributed by atoms with Gasteiger partial charge in [-0.25, -0.2) is 4.57 Å². The van der Waals surface area contributed by atoms with Crippen molar-refractivity contribution in [2.24, 2.45) is 0 Å². The molecule has 0 aliphatic rings. The Morgan fingerprint density at radius 3 is 2.69 bits per heavy atom. The van der Waals surface area contributed by atoms with Gasteiger partial charge in [-0.05, 0) is 37.6 Å². The molecule has 0 spiro atoms. The van der Waals surface area contributed by atoms with E-state index in [4.69, 9.17) is 5.73 Å². The quantitative estimate of drug-likeness (QED) is 0.412. The lowest BCUT2D eigenvalue weighted by atomic mass is 10.1. The molecule has 0 aliphatic carbocycles. The van der Waals surface area contributed by atoms with Gasteiger partial charge < -0.3 is 11.1 Å². The first-order chi connectivity index (χ1) is 14.0. The second-order valence-electron chi connectivity index (χ2n) is 6.96. The molecule has 3 aromatic heterocycles. The van der Waals surface area contributed by atoms with Gasteiger partial charge >= 0.3 is 0 Å². The zero-order valence-corrected chi connectivity index (χ0v) is 16.3. The third-order valence-electron chi connectivity index (χ3n) is 4.90. The van der Waals surface area contributed by atoms with Gasteiger partial charge in [-0.3, -0.25) is 14.0 Å². The number of benzene rings is 1. The van der Waals surface area contributed by atoms with Crippen LogP contribution in [0.5, 0.6) is 0 Å². The van der Waals surface area contributed by atoms with Gasteiger partial charge in [-0.1, -0.05) is 40.9 Å². The number of pyridine rings is 2. The molecule has 146 valence electrons. The van der Waals surface area contributed by atoms with E-state index in [2.05, 4.69) is 10.3 Å². The van der Waals surface area contributed by atoms with E-state index in [-0.39, 0.29) is 22.8 Å². The fraction of sp³-hybridized carbons (Fsp3) is 0.182. The zero-order chi connectivity index (χ0) is 20.5. The van der Waals surface area contributed by atoms with Crippen molar-refractivity contribution in [2.75, 3.05) is 12.3 Å². The maximum atomic E-state index is 13.1. The van der Waals surface area contributed by atoms with Crippen molar-refractivity contribution in [3.63, 3.8) is 0 Å². The lowest BCUT2D eigenvalue weighted by molar-refractivity contribution is -0.649. The summed E-state index contributed by atoms with van der Waals surface area (Å²) in [5, 5.41) is 3.10. The van der Waals surface area contributed by atoms with E-state index in [1.807, 2.05) is 44.2 Å². The summed E-state index contributed by atoms with van der Waals surface area (Å²) in [6, 6.07) is 14.9. The zero-order valence-electron chi connectivity index (χ0n) is 16.3. The number of carbonyl (C=O) groups is 1. The van der Waals surface area contributed by atoms with Crippen LogP contribution in [0.25, 0.3) is 16.7 Å². The van der Waals surface area contributed by atoms with Gasteiger partial charge in [0.2, 0.25) is 11.5 Å². The Kier molecular flexibility index (Phi) is 4.72. The van der Waals surface area contributed by atoms with E-state index in [9.17, 15) is 9.59 Å². The largest absolute Gasteiger partial charge is 0.352 e. The van der Waals surface area contributed by atoms with Crippen LogP contribution in [0.2, 0.25) is 0 Å². The van der Waals surface area contributed by atoms with Gasteiger partial charge in [-0.2, -0.15) is 0 Å². The van der Waals surface area contributed by atoms with Gasteiger partial charge in [-0.15, -0.1) is 0 Å². The molecule has 7 nitrogen and oxygen atoms in total. The van der Waals surface area contributed by atoms with Gasteiger partial charge in [0.05, 0.1) is 6.54 Å². The van der Waals surface area contributed by atoms with Crippen molar-refractivity contribution >= 4 is 28.4 Å². The van der Waals surface area contributed by atoms with Crippen molar-refractivity contribution in [1.82, 2.24) is 14.7 Å². The molecule has 1 aromatic carbocycles. The number of rotatable bonds is 4. The van der Waals surface area contributed by atoms with Crippen LogP contribution in [0.15, 0.2) is 59.5 Å². The molecule has 1 amide bonds. The van der Waals surface area contributed by atoms with Crippen LogP contribution in [0.3, 0.4) is 0 Å².